The van der Waals surface area contributed by atoms with Gasteiger partial charge in [0.2, 0.25) is 5.95 Å². The molecule has 0 bridgehead atoms. The Morgan fingerprint density at radius 2 is 1.86 bits per heavy atom. The van der Waals surface area contributed by atoms with Crippen LogP contribution in [0.15, 0.2) is 52.4 Å². The van der Waals surface area contributed by atoms with Gasteiger partial charge in [-0.15, -0.1) is 0 Å². The maximum absolute atomic E-state index is 12.7. The summed E-state index contributed by atoms with van der Waals surface area (Å²) in [5.74, 6) is 1.86. The first-order valence-electron chi connectivity index (χ1n) is 9.78. The maximum Gasteiger partial charge on any atom is 0.262 e. The maximum atomic E-state index is 12.7. The minimum atomic E-state index is -0.0956. The normalized spacial score (nSPS) is 11.5. The summed E-state index contributed by atoms with van der Waals surface area (Å²) in [5, 5.41) is 5.06. The highest BCUT2D eigenvalue weighted by atomic mass is 16.5. The molecule has 1 N–H and O–H groups in total. The van der Waals surface area contributed by atoms with Crippen LogP contribution in [-0.4, -0.2) is 28.5 Å². The molecule has 0 amide bonds. The monoisotopic (exact) mass is 394 g/mol. The second kappa shape index (κ2) is 9.23. The van der Waals surface area contributed by atoms with Gasteiger partial charge >= 0.3 is 0 Å². The van der Waals surface area contributed by atoms with E-state index in [0.717, 1.165) is 17.1 Å². The molecule has 0 saturated carbocycles. The predicted octanol–water partition coefficient (Wildman–Crippen LogP) is 4.05. The summed E-state index contributed by atoms with van der Waals surface area (Å²) < 4.78 is 12.9. The van der Waals surface area contributed by atoms with E-state index in [-0.39, 0.29) is 5.56 Å². The number of para-hydroxylation sites is 1. The van der Waals surface area contributed by atoms with E-state index < -0.39 is 0 Å². The van der Waals surface area contributed by atoms with Crippen LogP contribution in [0.1, 0.15) is 33.3 Å². The molecule has 0 aliphatic heterocycles. The van der Waals surface area contributed by atoms with Crippen molar-refractivity contribution < 1.29 is 9.47 Å². The van der Waals surface area contributed by atoms with Gasteiger partial charge in [0, 0.05) is 12.1 Å². The van der Waals surface area contributed by atoms with Gasteiger partial charge in [0.1, 0.15) is 11.5 Å². The van der Waals surface area contributed by atoms with Crippen LogP contribution in [-0.2, 0) is 6.54 Å². The van der Waals surface area contributed by atoms with Crippen LogP contribution >= 0.6 is 0 Å². The molecular weight excluding hydrogens is 368 g/mol. The van der Waals surface area contributed by atoms with Crippen molar-refractivity contribution in [3.63, 3.8) is 0 Å². The van der Waals surface area contributed by atoms with Crippen molar-refractivity contribution in [2.45, 2.75) is 34.2 Å². The fraction of sp³-hybridized carbons (Fsp3) is 0.318. The first-order chi connectivity index (χ1) is 14.1. The summed E-state index contributed by atoms with van der Waals surface area (Å²) in [6.07, 6.45) is 0. The number of fused-ring (bicyclic) bond motifs is 1. The lowest BCUT2D eigenvalue weighted by Gasteiger charge is -2.14. The second-order valence-electron chi connectivity index (χ2n) is 6.33. The van der Waals surface area contributed by atoms with E-state index in [9.17, 15) is 4.79 Å². The number of benzene rings is 2. The van der Waals surface area contributed by atoms with Crippen molar-refractivity contribution in [3.05, 3.63) is 58.4 Å². The van der Waals surface area contributed by atoms with Crippen LogP contribution in [0.3, 0.4) is 0 Å². The van der Waals surface area contributed by atoms with E-state index >= 15 is 0 Å². The van der Waals surface area contributed by atoms with Crippen LogP contribution in [0.25, 0.3) is 10.9 Å². The summed E-state index contributed by atoms with van der Waals surface area (Å²) >= 11 is 0. The predicted molar refractivity (Wildman–Crippen MR) is 116 cm³/mol. The Bertz CT molecular complexity index is 1090. The Balaban J connectivity index is 1.99. The molecule has 0 saturated heterocycles. The highest BCUT2D eigenvalue weighted by molar-refractivity contribution is 6.01. The van der Waals surface area contributed by atoms with E-state index in [2.05, 4.69) is 15.5 Å². The molecule has 2 aromatic carbocycles. The van der Waals surface area contributed by atoms with E-state index in [4.69, 9.17) is 9.47 Å². The summed E-state index contributed by atoms with van der Waals surface area (Å²) in [5.41, 5.74) is 5.01. The van der Waals surface area contributed by atoms with Gasteiger partial charge in [0.15, 0.2) is 0 Å². The summed E-state index contributed by atoms with van der Waals surface area (Å²) in [6.45, 7) is 9.25. The molecule has 0 radical (unpaired) electrons. The van der Waals surface area contributed by atoms with Gasteiger partial charge < -0.3 is 9.47 Å². The first kappa shape index (κ1) is 20.4. The molecule has 1 aromatic heterocycles. The summed E-state index contributed by atoms with van der Waals surface area (Å²) in [6, 6.07) is 12.9. The number of anilines is 1. The Kier molecular flexibility index (Phi) is 6.49. The topological polar surface area (TPSA) is 77.7 Å². The van der Waals surface area contributed by atoms with Crippen LogP contribution in [0, 0.1) is 0 Å². The number of aromatic nitrogens is 2. The zero-order chi connectivity index (χ0) is 20.8. The van der Waals surface area contributed by atoms with E-state index in [1.165, 1.54) is 0 Å². The van der Waals surface area contributed by atoms with Crippen molar-refractivity contribution in [1.29, 1.82) is 0 Å². The fourth-order valence-electron chi connectivity index (χ4n) is 3.07. The second-order valence-corrected chi connectivity index (χ2v) is 6.33. The quantitative estimate of drug-likeness (QED) is 0.461. The number of hydrogen-bond acceptors (Lipinski definition) is 6. The average Bonchev–Trinajstić information content (AvgIpc) is 2.73. The minimum Gasteiger partial charge on any atom is -0.494 e. The summed E-state index contributed by atoms with van der Waals surface area (Å²) in [7, 11) is 0. The SMILES string of the molecule is CCOc1ccc(OCC)c(/C(C)=N\Nc2nc3ccccc3c(=O)n2CC)c1. The average molecular weight is 394 g/mol. The van der Waals surface area contributed by atoms with E-state index in [0.29, 0.717) is 42.3 Å². The third-order valence-electron chi connectivity index (χ3n) is 4.45. The number of nitrogens with zero attached hydrogens (tertiary/aromatic N) is 3. The Morgan fingerprint density at radius 1 is 1.10 bits per heavy atom. The zero-order valence-electron chi connectivity index (χ0n) is 17.2. The van der Waals surface area contributed by atoms with Gasteiger partial charge in [-0.3, -0.25) is 9.36 Å². The van der Waals surface area contributed by atoms with Crippen LogP contribution in [0.4, 0.5) is 5.95 Å². The lowest BCUT2D eigenvalue weighted by Crippen LogP contribution is -2.23. The number of hydrazone groups is 1. The van der Waals surface area contributed by atoms with Crippen LogP contribution in [0.2, 0.25) is 0 Å². The molecule has 3 rings (SSSR count). The van der Waals surface area contributed by atoms with Crippen LogP contribution in [0.5, 0.6) is 11.5 Å². The van der Waals surface area contributed by atoms with Gasteiger partial charge in [0.25, 0.3) is 5.56 Å². The molecule has 0 atom stereocenters. The first-order valence-corrected chi connectivity index (χ1v) is 9.78. The molecule has 0 aliphatic carbocycles. The van der Waals surface area contributed by atoms with Crippen molar-refractivity contribution in [2.24, 2.45) is 5.10 Å². The van der Waals surface area contributed by atoms with Crippen molar-refractivity contribution in [2.75, 3.05) is 18.6 Å². The molecule has 152 valence electrons. The molecule has 0 aliphatic rings. The molecule has 0 fully saturated rings. The molecule has 0 spiro atoms. The van der Waals surface area contributed by atoms with Gasteiger partial charge in [-0.05, 0) is 58.0 Å². The third kappa shape index (κ3) is 4.39. The number of rotatable bonds is 8. The zero-order valence-corrected chi connectivity index (χ0v) is 17.2. The lowest BCUT2D eigenvalue weighted by molar-refractivity contribution is 0.330. The van der Waals surface area contributed by atoms with Crippen molar-refractivity contribution >= 4 is 22.6 Å². The van der Waals surface area contributed by atoms with Gasteiger partial charge in [-0.1, -0.05) is 12.1 Å². The molecule has 29 heavy (non-hydrogen) atoms. The van der Waals surface area contributed by atoms with Gasteiger partial charge in [0.05, 0.1) is 29.8 Å². The highest BCUT2D eigenvalue weighted by Crippen LogP contribution is 2.25. The van der Waals surface area contributed by atoms with Gasteiger partial charge in [-0.2, -0.15) is 5.10 Å². The molecule has 1 heterocycles. The number of hydrogen-bond donors (Lipinski definition) is 1. The molecule has 3 aromatic rings. The smallest absolute Gasteiger partial charge is 0.262 e. The highest BCUT2D eigenvalue weighted by Gasteiger charge is 2.12. The standard InChI is InChI=1S/C22H26N4O3/c1-5-26-21(27)17-10-8-9-11-19(17)23-22(26)25-24-15(4)18-14-16(28-6-2)12-13-20(18)29-7-3/h8-14H,5-7H2,1-4H3,(H,23,25)/b24-15-. The van der Waals surface area contributed by atoms with Crippen molar-refractivity contribution in [3.8, 4) is 11.5 Å². The fourth-order valence-corrected chi connectivity index (χ4v) is 3.07. The Labute approximate surface area is 170 Å². The van der Waals surface area contributed by atoms with E-state index in [1.807, 2.05) is 64.1 Å². The van der Waals surface area contributed by atoms with Crippen LogP contribution < -0.4 is 20.5 Å². The molecule has 0 unspecified atom stereocenters. The van der Waals surface area contributed by atoms with Gasteiger partial charge in [-0.25, -0.2) is 10.4 Å². The Morgan fingerprint density at radius 3 is 2.59 bits per heavy atom. The molecule has 7 heteroatoms. The molecule has 7 nitrogen and oxygen atoms in total. The summed E-state index contributed by atoms with van der Waals surface area (Å²) in [4.78, 5) is 17.3. The number of ether oxygens (including phenoxy) is 2. The largest absolute Gasteiger partial charge is 0.494 e. The molecular formula is C22H26N4O3. The minimum absolute atomic E-state index is 0.0956. The lowest BCUT2D eigenvalue weighted by atomic mass is 10.1. The van der Waals surface area contributed by atoms with Crippen molar-refractivity contribution in [1.82, 2.24) is 9.55 Å². The Hall–Kier alpha value is -3.35. The third-order valence-corrected chi connectivity index (χ3v) is 4.45. The van der Waals surface area contributed by atoms with E-state index in [1.54, 1.807) is 10.6 Å². The number of nitrogens with one attached hydrogen (secondary N) is 1.